The molecule has 0 aliphatic carbocycles. The van der Waals surface area contributed by atoms with Crippen molar-refractivity contribution in [2.45, 2.75) is 18.6 Å². The van der Waals surface area contributed by atoms with Crippen molar-refractivity contribution in [2.24, 2.45) is 0 Å². The Labute approximate surface area is 111 Å². The van der Waals surface area contributed by atoms with E-state index in [1.54, 1.807) is 0 Å². The quantitative estimate of drug-likeness (QED) is 0.643. The van der Waals surface area contributed by atoms with E-state index in [4.69, 9.17) is 0 Å². The van der Waals surface area contributed by atoms with Crippen LogP contribution in [-0.2, 0) is 4.74 Å². The molecule has 0 aliphatic heterocycles. The Bertz CT molecular complexity index is 425. The highest BCUT2D eigenvalue weighted by Gasteiger charge is 2.27. The molecule has 0 aliphatic rings. The van der Waals surface area contributed by atoms with E-state index in [0.29, 0.717) is 12.1 Å². The lowest BCUT2D eigenvalue weighted by Crippen LogP contribution is -2.23. The second-order valence-corrected chi connectivity index (χ2v) is 4.08. The number of nitrogens with one attached hydrogen (secondary N) is 1. The van der Waals surface area contributed by atoms with Crippen molar-refractivity contribution in [3.05, 3.63) is 35.1 Å². The van der Waals surface area contributed by atoms with Gasteiger partial charge in [-0.15, -0.1) is 0 Å². The van der Waals surface area contributed by atoms with Gasteiger partial charge >= 0.3 is 6.18 Å². The zero-order chi connectivity index (χ0) is 15.3. The molecule has 0 saturated heterocycles. The van der Waals surface area contributed by atoms with Crippen molar-refractivity contribution >= 4 is 0 Å². The fourth-order valence-corrected chi connectivity index (χ4v) is 1.71. The van der Waals surface area contributed by atoms with Crippen molar-refractivity contribution in [1.29, 1.82) is 0 Å². The molecule has 0 radical (unpaired) electrons. The molecule has 1 aromatic rings. The van der Waals surface area contributed by atoms with E-state index in [0.717, 1.165) is 0 Å². The van der Waals surface area contributed by atoms with E-state index < -0.39 is 41.8 Å². The summed E-state index contributed by atoms with van der Waals surface area (Å²) < 4.78 is 79.7. The SMILES string of the molecule is CNC(CCOCC(F)(F)F)c1c(F)cc(F)cc1F. The Morgan fingerprint density at radius 2 is 1.70 bits per heavy atom. The number of rotatable bonds is 6. The van der Waals surface area contributed by atoms with Crippen molar-refractivity contribution in [3.63, 3.8) is 0 Å². The summed E-state index contributed by atoms with van der Waals surface area (Å²) in [6.45, 7) is -1.78. The van der Waals surface area contributed by atoms with Crippen LogP contribution < -0.4 is 5.32 Å². The summed E-state index contributed by atoms with van der Waals surface area (Å²) >= 11 is 0. The van der Waals surface area contributed by atoms with Gasteiger partial charge in [0.2, 0.25) is 0 Å². The fourth-order valence-electron chi connectivity index (χ4n) is 1.71. The smallest absolute Gasteiger partial charge is 0.372 e. The van der Waals surface area contributed by atoms with Crippen LogP contribution in [0.2, 0.25) is 0 Å². The van der Waals surface area contributed by atoms with Crippen molar-refractivity contribution in [1.82, 2.24) is 5.32 Å². The summed E-state index contributed by atoms with van der Waals surface area (Å²) in [4.78, 5) is 0. The molecule has 2 nitrogen and oxygen atoms in total. The maximum absolute atomic E-state index is 13.5. The van der Waals surface area contributed by atoms with Gasteiger partial charge in [-0.2, -0.15) is 13.2 Å². The third kappa shape index (κ3) is 5.01. The minimum Gasteiger partial charge on any atom is -0.372 e. The lowest BCUT2D eigenvalue weighted by molar-refractivity contribution is -0.174. The van der Waals surface area contributed by atoms with Crippen LogP contribution >= 0.6 is 0 Å². The van der Waals surface area contributed by atoms with Gasteiger partial charge in [-0.3, -0.25) is 0 Å². The first-order valence-electron chi connectivity index (χ1n) is 5.71. The van der Waals surface area contributed by atoms with E-state index in [1.807, 2.05) is 0 Å². The van der Waals surface area contributed by atoms with Gasteiger partial charge in [0.05, 0.1) is 0 Å². The van der Waals surface area contributed by atoms with Crippen LogP contribution in [0.5, 0.6) is 0 Å². The second-order valence-electron chi connectivity index (χ2n) is 4.08. The molecule has 0 aromatic heterocycles. The first-order chi connectivity index (χ1) is 9.24. The molecule has 0 fully saturated rings. The molecule has 1 N–H and O–H groups in total. The molecule has 20 heavy (non-hydrogen) atoms. The van der Waals surface area contributed by atoms with Gasteiger partial charge < -0.3 is 10.1 Å². The zero-order valence-corrected chi connectivity index (χ0v) is 10.5. The monoisotopic (exact) mass is 301 g/mol. The van der Waals surface area contributed by atoms with Gasteiger partial charge in [-0.05, 0) is 13.5 Å². The highest BCUT2D eigenvalue weighted by atomic mass is 19.4. The molecule has 1 atom stereocenters. The zero-order valence-electron chi connectivity index (χ0n) is 10.5. The Balaban J connectivity index is 2.68. The van der Waals surface area contributed by atoms with Crippen LogP contribution in [-0.4, -0.2) is 26.4 Å². The summed E-state index contributed by atoms with van der Waals surface area (Å²) in [6, 6.07) is 0.113. The molecular weight excluding hydrogens is 288 g/mol. The summed E-state index contributed by atoms with van der Waals surface area (Å²) in [5.74, 6) is -3.26. The van der Waals surface area contributed by atoms with E-state index in [9.17, 15) is 26.3 Å². The summed E-state index contributed by atoms with van der Waals surface area (Å²) in [5.41, 5.74) is -0.426. The largest absolute Gasteiger partial charge is 0.411 e. The molecule has 8 heteroatoms. The number of ether oxygens (including phenoxy) is 1. The first kappa shape index (κ1) is 16.8. The molecule has 0 amide bonds. The van der Waals surface area contributed by atoms with Crippen LogP contribution in [0.4, 0.5) is 26.3 Å². The third-order valence-corrected chi connectivity index (χ3v) is 2.56. The highest BCUT2D eigenvalue weighted by molar-refractivity contribution is 5.24. The van der Waals surface area contributed by atoms with Crippen LogP contribution in [0.3, 0.4) is 0 Å². The van der Waals surface area contributed by atoms with Crippen molar-refractivity contribution < 1.29 is 31.1 Å². The van der Waals surface area contributed by atoms with E-state index in [1.165, 1.54) is 7.05 Å². The molecule has 1 unspecified atom stereocenters. The summed E-state index contributed by atoms with van der Waals surface area (Å²) in [6.07, 6.45) is -4.55. The Kier molecular flexibility index (Phi) is 5.82. The predicted octanol–water partition coefficient (Wildman–Crippen LogP) is 3.33. The summed E-state index contributed by atoms with van der Waals surface area (Å²) in [5, 5.41) is 2.55. The Morgan fingerprint density at radius 3 is 2.15 bits per heavy atom. The lowest BCUT2D eigenvalue weighted by Gasteiger charge is -2.18. The molecule has 0 spiro atoms. The summed E-state index contributed by atoms with van der Waals surface area (Å²) in [7, 11) is 1.39. The van der Waals surface area contributed by atoms with Crippen molar-refractivity contribution in [3.8, 4) is 0 Å². The molecule has 1 rings (SSSR count). The van der Waals surface area contributed by atoms with Gasteiger partial charge in [0.1, 0.15) is 24.1 Å². The lowest BCUT2D eigenvalue weighted by atomic mass is 10.0. The van der Waals surface area contributed by atoms with Gasteiger partial charge in [-0.1, -0.05) is 0 Å². The average Bonchev–Trinajstić information content (AvgIpc) is 2.29. The van der Waals surface area contributed by atoms with Gasteiger partial charge in [-0.25, -0.2) is 13.2 Å². The molecule has 0 saturated carbocycles. The first-order valence-corrected chi connectivity index (χ1v) is 5.71. The van der Waals surface area contributed by atoms with Crippen LogP contribution in [0.25, 0.3) is 0 Å². The second kappa shape index (κ2) is 6.94. The standard InChI is InChI=1S/C12H13F6NO/c1-19-10(2-3-20-6-12(16,17)18)11-8(14)4-7(13)5-9(11)15/h4-5,10,19H,2-3,6H2,1H3. The van der Waals surface area contributed by atoms with Crippen LogP contribution in [0.15, 0.2) is 12.1 Å². The Morgan fingerprint density at radius 1 is 1.15 bits per heavy atom. The number of benzene rings is 1. The van der Waals surface area contributed by atoms with Gasteiger partial charge in [0, 0.05) is 30.3 Å². The molecule has 114 valence electrons. The average molecular weight is 301 g/mol. The van der Waals surface area contributed by atoms with Gasteiger partial charge in [0.25, 0.3) is 0 Å². The Hall–Kier alpha value is -1.28. The third-order valence-electron chi connectivity index (χ3n) is 2.56. The normalized spacial score (nSPS) is 13.6. The number of halogens is 6. The van der Waals surface area contributed by atoms with Crippen LogP contribution in [0.1, 0.15) is 18.0 Å². The predicted molar refractivity (Wildman–Crippen MR) is 59.6 cm³/mol. The van der Waals surface area contributed by atoms with E-state index in [-0.39, 0.29) is 13.0 Å². The maximum Gasteiger partial charge on any atom is 0.411 e. The van der Waals surface area contributed by atoms with Crippen LogP contribution in [0, 0.1) is 17.5 Å². The topological polar surface area (TPSA) is 21.3 Å². The van der Waals surface area contributed by atoms with Crippen molar-refractivity contribution in [2.75, 3.05) is 20.3 Å². The minimum atomic E-state index is -4.46. The van der Waals surface area contributed by atoms with Gasteiger partial charge in [0.15, 0.2) is 0 Å². The molecule has 0 bridgehead atoms. The minimum absolute atomic E-state index is 0.0912. The number of hydrogen-bond acceptors (Lipinski definition) is 2. The maximum atomic E-state index is 13.5. The highest BCUT2D eigenvalue weighted by Crippen LogP contribution is 2.24. The van der Waals surface area contributed by atoms with E-state index in [2.05, 4.69) is 10.1 Å². The number of hydrogen-bond donors (Lipinski definition) is 1. The fraction of sp³-hybridized carbons (Fsp3) is 0.500. The molecular formula is C12H13F6NO. The number of alkyl halides is 3. The van der Waals surface area contributed by atoms with E-state index >= 15 is 0 Å². The molecule has 1 aromatic carbocycles. The molecule has 0 heterocycles.